The molecule has 5 heteroatoms. The van der Waals surface area contributed by atoms with Gasteiger partial charge in [0, 0.05) is 6.04 Å². The Morgan fingerprint density at radius 1 is 1.58 bits per heavy atom. The summed E-state index contributed by atoms with van der Waals surface area (Å²) in [6.07, 6.45) is 1.51. The molecule has 2 atom stereocenters. The summed E-state index contributed by atoms with van der Waals surface area (Å²) in [5, 5.41) is 11.7. The SMILES string of the molecule is O=C(C(Cl)Cl)C1CCC(CO)N1. The highest BCUT2D eigenvalue weighted by Crippen LogP contribution is 2.17. The number of alkyl halides is 2. The van der Waals surface area contributed by atoms with Crippen LogP contribution in [0.2, 0.25) is 0 Å². The van der Waals surface area contributed by atoms with E-state index >= 15 is 0 Å². The standard InChI is InChI=1S/C7H11Cl2NO2/c8-7(9)6(12)5-2-1-4(3-11)10-5/h4-5,7,10-11H,1-3H2. The maximum absolute atomic E-state index is 11.2. The second kappa shape index (κ2) is 4.42. The zero-order valence-corrected chi connectivity index (χ0v) is 7.98. The van der Waals surface area contributed by atoms with Crippen molar-refractivity contribution in [1.82, 2.24) is 5.32 Å². The van der Waals surface area contributed by atoms with Gasteiger partial charge in [0.15, 0.2) is 10.6 Å². The van der Waals surface area contributed by atoms with Crippen molar-refractivity contribution in [1.29, 1.82) is 0 Å². The van der Waals surface area contributed by atoms with E-state index in [0.29, 0.717) is 6.42 Å². The van der Waals surface area contributed by atoms with Crippen molar-refractivity contribution >= 4 is 29.0 Å². The molecular formula is C7H11Cl2NO2. The van der Waals surface area contributed by atoms with Crippen LogP contribution < -0.4 is 5.32 Å². The van der Waals surface area contributed by atoms with E-state index in [1.54, 1.807) is 0 Å². The smallest absolute Gasteiger partial charge is 0.182 e. The molecule has 1 rings (SSSR count). The predicted octanol–water partition coefficient (Wildman–Crippen LogP) is 0.472. The molecule has 0 aromatic carbocycles. The van der Waals surface area contributed by atoms with Crippen LogP contribution in [0.1, 0.15) is 12.8 Å². The van der Waals surface area contributed by atoms with Gasteiger partial charge >= 0.3 is 0 Å². The summed E-state index contributed by atoms with van der Waals surface area (Å²) in [4.78, 5) is 10.2. The lowest BCUT2D eigenvalue weighted by Crippen LogP contribution is -2.39. The molecule has 1 saturated heterocycles. The molecule has 0 amide bonds. The van der Waals surface area contributed by atoms with E-state index in [9.17, 15) is 4.79 Å². The number of carbonyl (C=O) groups is 1. The van der Waals surface area contributed by atoms with Gasteiger partial charge in [-0.15, -0.1) is 0 Å². The van der Waals surface area contributed by atoms with Crippen molar-refractivity contribution in [3.05, 3.63) is 0 Å². The predicted molar refractivity (Wildman–Crippen MR) is 47.5 cm³/mol. The van der Waals surface area contributed by atoms with Crippen molar-refractivity contribution in [2.24, 2.45) is 0 Å². The first-order valence-electron chi connectivity index (χ1n) is 3.84. The van der Waals surface area contributed by atoms with E-state index in [-0.39, 0.29) is 24.5 Å². The quantitative estimate of drug-likeness (QED) is 0.668. The molecule has 2 unspecified atom stereocenters. The van der Waals surface area contributed by atoms with Crippen LogP contribution in [0.15, 0.2) is 0 Å². The first kappa shape index (κ1) is 10.3. The lowest BCUT2D eigenvalue weighted by molar-refractivity contribution is -0.119. The van der Waals surface area contributed by atoms with E-state index in [0.717, 1.165) is 6.42 Å². The lowest BCUT2D eigenvalue weighted by atomic mass is 10.1. The van der Waals surface area contributed by atoms with Crippen molar-refractivity contribution in [3.8, 4) is 0 Å². The summed E-state index contributed by atoms with van der Waals surface area (Å²) in [5.41, 5.74) is 0. The summed E-state index contributed by atoms with van der Waals surface area (Å²) < 4.78 is 0. The number of rotatable bonds is 3. The molecule has 12 heavy (non-hydrogen) atoms. The molecule has 0 saturated carbocycles. The molecule has 2 N–H and O–H groups in total. The number of halogens is 2. The van der Waals surface area contributed by atoms with E-state index in [2.05, 4.69) is 5.32 Å². The minimum absolute atomic E-state index is 0.0195. The van der Waals surface area contributed by atoms with E-state index in [1.165, 1.54) is 0 Å². The number of aliphatic hydroxyl groups excluding tert-OH is 1. The molecule has 0 aromatic heterocycles. The third kappa shape index (κ3) is 2.33. The molecule has 1 aliphatic rings. The van der Waals surface area contributed by atoms with Crippen molar-refractivity contribution in [2.75, 3.05) is 6.61 Å². The third-order valence-electron chi connectivity index (χ3n) is 2.02. The van der Waals surface area contributed by atoms with E-state index in [4.69, 9.17) is 28.3 Å². The summed E-state index contributed by atoms with van der Waals surface area (Å²) in [6, 6.07) is -0.256. The molecular weight excluding hydrogens is 201 g/mol. The molecule has 1 heterocycles. The summed E-state index contributed by atoms with van der Waals surface area (Å²) in [6.45, 7) is 0.0546. The molecule has 0 aromatic rings. The highest BCUT2D eigenvalue weighted by molar-refractivity contribution is 6.54. The minimum Gasteiger partial charge on any atom is -0.395 e. The fraction of sp³-hybridized carbons (Fsp3) is 0.857. The molecule has 0 bridgehead atoms. The number of aliphatic hydroxyl groups is 1. The van der Waals surface area contributed by atoms with Crippen molar-refractivity contribution in [2.45, 2.75) is 29.8 Å². The maximum Gasteiger partial charge on any atom is 0.182 e. The molecule has 1 fully saturated rings. The number of hydrogen-bond donors (Lipinski definition) is 2. The van der Waals surface area contributed by atoms with Gasteiger partial charge < -0.3 is 10.4 Å². The maximum atomic E-state index is 11.2. The Morgan fingerprint density at radius 2 is 2.25 bits per heavy atom. The van der Waals surface area contributed by atoms with Crippen LogP contribution in [0, 0.1) is 0 Å². The highest BCUT2D eigenvalue weighted by atomic mass is 35.5. The molecule has 0 spiro atoms. The van der Waals surface area contributed by atoms with Gasteiger partial charge in [-0.3, -0.25) is 4.79 Å². The molecule has 70 valence electrons. The average molecular weight is 212 g/mol. The topological polar surface area (TPSA) is 49.3 Å². The summed E-state index contributed by atoms with van der Waals surface area (Å²) >= 11 is 10.8. The van der Waals surface area contributed by atoms with Gasteiger partial charge in [-0.25, -0.2) is 0 Å². The number of Topliss-reactive ketones (excluding diaryl/α,β-unsaturated/α-hetero) is 1. The summed E-state index contributed by atoms with van der Waals surface area (Å²) in [7, 11) is 0. The van der Waals surface area contributed by atoms with Gasteiger partial charge in [0.25, 0.3) is 0 Å². The van der Waals surface area contributed by atoms with Crippen LogP contribution in [0.4, 0.5) is 0 Å². The van der Waals surface area contributed by atoms with Gasteiger partial charge in [0.1, 0.15) is 0 Å². The van der Waals surface area contributed by atoms with Crippen LogP contribution in [0.25, 0.3) is 0 Å². The first-order valence-corrected chi connectivity index (χ1v) is 4.71. The van der Waals surface area contributed by atoms with Crippen molar-refractivity contribution in [3.63, 3.8) is 0 Å². The number of carbonyl (C=O) groups excluding carboxylic acids is 1. The average Bonchev–Trinajstić information content (AvgIpc) is 2.50. The van der Waals surface area contributed by atoms with Gasteiger partial charge in [-0.1, -0.05) is 23.2 Å². The molecule has 3 nitrogen and oxygen atoms in total. The van der Waals surface area contributed by atoms with Crippen LogP contribution >= 0.6 is 23.2 Å². The molecule has 0 aliphatic carbocycles. The van der Waals surface area contributed by atoms with Crippen molar-refractivity contribution < 1.29 is 9.90 Å². The second-order valence-corrected chi connectivity index (χ2v) is 3.98. The molecule has 1 aliphatic heterocycles. The van der Waals surface area contributed by atoms with Gasteiger partial charge in [-0.05, 0) is 12.8 Å². The fourth-order valence-corrected chi connectivity index (χ4v) is 1.64. The summed E-state index contributed by atoms with van der Waals surface area (Å²) in [5.74, 6) is -0.200. The first-order chi connectivity index (χ1) is 5.65. The zero-order chi connectivity index (χ0) is 9.14. The number of nitrogens with one attached hydrogen (secondary N) is 1. The third-order valence-corrected chi connectivity index (χ3v) is 2.45. The Morgan fingerprint density at radius 3 is 2.67 bits per heavy atom. The highest BCUT2D eigenvalue weighted by Gasteiger charge is 2.31. The van der Waals surface area contributed by atoms with Gasteiger partial charge in [0.05, 0.1) is 12.6 Å². The Hall–Kier alpha value is 0.170. The normalized spacial score (nSPS) is 29.7. The molecule has 0 radical (unpaired) electrons. The van der Waals surface area contributed by atoms with Crippen LogP contribution in [-0.4, -0.2) is 34.4 Å². The lowest BCUT2D eigenvalue weighted by Gasteiger charge is -2.11. The Balaban J connectivity index is 2.41. The number of ketones is 1. The van der Waals surface area contributed by atoms with Crippen LogP contribution in [-0.2, 0) is 4.79 Å². The van der Waals surface area contributed by atoms with E-state index < -0.39 is 4.84 Å². The zero-order valence-electron chi connectivity index (χ0n) is 6.46. The van der Waals surface area contributed by atoms with Crippen LogP contribution in [0.3, 0.4) is 0 Å². The number of hydrogen-bond acceptors (Lipinski definition) is 3. The Bertz CT molecular complexity index is 175. The monoisotopic (exact) mass is 211 g/mol. The van der Waals surface area contributed by atoms with Gasteiger partial charge in [-0.2, -0.15) is 0 Å². The second-order valence-electron chi connectivity index (χ2n) is 2.88. The van der Waals surface area contributed by atoms with E-state index in [1.807, 2.05) is 0 Å². The minimum atomic E-state index is -0.958. The largest absolute Gasteiger partial charge is 0.395 e. The Kier molecular flexibility index (Phi) is 3.77. The fourth-order valence-electron chi connectivity index (χ4n) is 1.34. The Labute approximate surface area is 81.0 Å². The van der Waals surface area contributed by atoms with Crippen LogP contribution in [0.5, 0.6) is 0 Å². The van der Waals surface area contributed by atoms with Gasteiger partial charge in [0.2, 0.25) is 0 Å².